The summed E-state index contributed by atoms with van der Waals surface area (Å²) >= 11 is 29.7. The van der Waals surface area contributed by atoms with Crippen LogP contribution in [0.5, 0.6) is 5.75 Å². The normalized spacial score (nSPS) is 11.9. The molecule has 0 saturated carbocycles. The van der Waals surface area contributed by atoms with Crippen LogP contribution in [0.1, 0.15) is 6.92 Å². The lowest BCUT2D eigenvalue weighted by atomic mass is 10.3. The lowest BCUT2D eigenvalue weighted by Gasteiger charge is -2.18. The number of ether oxygens (including phenoxy) is 2. The van der Waals surface area contributed by atoms with Gasteiger partial charge in [-0.15, -0.1) is 0 Å². The minimum absolute atomic E-state index is 0.0185. The highest BCUT2D eigenvalue weighted by Gasteiger charge is 2.22. The minimum atomic E-state index is -0.565. The van der Waals surface area contributed by atoms with E-state index in [9.17, 15) is 4.79 Å². The Morgan fingerprint density at radius 3 is 2.00 bits per heavy atom. The molecule has 1 unspecified atom stereocenters. The SMILES string of the molecule is C=CC(=O)OCC(C)Oc1c(Cl)c(Cl)c(Cl)c(Cl)c1Cl. The largest absolute Gasteiger partial charge is 0.484 e. The molecule has 0 aromatic heterocycles. The monoisotopic (exact) mass is 376 g/mol. The Morgan fingerprint density at radius 2 is 1.55 bits per heavy atom. The van der Waals surface area contributed by atoms with Crippen molar-refractivity contribution in [2.75, 3.05) is 6.61 Å². The fourth-order valence-electron chi connectivity index (χ4n) is 1.18. The Bertz CT molecular complexity index is 515. The van der Waals surface area contributed by atoms with Gasteiger partial charge in [0.2, 0.25) is 0 Å². The van der Waals surface area contributed by atoms with E-state index in [4.69, 9.17) is 67.5 Å². The maximum atomic E-state index is 10.9. The predicted octanol–water partition coefficient (Wildman–Crippen LogP) is 5.45. The third-order valence-corrected chi connectivity index (χ3v) is 4.36. The third-order valence-electron chi connectivity index (χ3n) is 2.12. The summed E-state index contributed by atoms with van der Waals surface area (Å²) in [5.74, 6) is -0.486. The molecule has 0 fully saturated rings. The summed E-state index contributed by atoms with van der Waals surface area (Å²) in [6.45, 7) is 4.91. The van der Waals surface area contributed by atoms with Gasteiger partial charge < -0.3 is 9.47 Å². The van der Waals surface area contributed by atoms with Crippen molar-refractivity contribution in [3.63, 3.8) is 0 Å². The topological polar surface area (TPSA) is 35.5 Å². The smallest absolute Gasteiger partial charge is 0.330 e. The molecule has 110 valence electrons. The summed E-state index contributed by atoms with van der Waals surface area (Å²) in [6.07, 6.45) is 0.519. The first-order chi connectivity index (χ1) is 9.29. The molecule has 0 N–H and O–H groups in total. The van der Waals surface area contributed by atoms with Crippen molar-refractivity contribution < 1.29 is 14.3 Å². The maximum absolute atomic E-state index is 10.9. The van der Waals surface area contributed by atoms with Crippen molar-refractivity contribution in [2.24, 2.45) is 0 Å². The first kappa shape index (κ1) is 17.7. The molecule has 0 saturated heterocycles. The number of benzene rings is 1. The van der Waals surface area contributed by atoms with E-state index in [1.54, 1.807) is 6.92 Å². The molecule has 0 amide bonds. The van der Waals surface area contributed by atoms with Crippen LogP contribution < -0.4 is 4.74 Å². The maximum Gasteiger partial charge on any atom is 0.330 e. The van der Waals surface area contributed by atoms with Crippen molar-refractivity contribution in [3.05, 3.63) is 37.8 Å². The van der Waals surface area contributed by atoms with Crippen LogP contribution in [0.4, 0.5) is 0 Å². The molecule has 1 aromatic rings. The zero-order valence-corrected chi connectivity index (χ0v) is 14.0. The van der Waals surface area contributed by atoms with E-state index >= 15 is 0 Å². The minimum Gasteiger partial charge on any atom is -0.484 e. The van der Waals surface area contributed by atoms with Gasteiger partial charge >= 0.3 is 5.97 Å². The zero-order chi connectivity index (χ0) is 15.4. The van der Waals surface area contributed by atoms with E-state index in [-0.39, 0.29) is 37.5 Å². The van der Waals surface area contributed by atoms with Gasteiger partial charge in [-0.05, 0) is 6.92 Å². The predicted molar refractivity (Wildman–Crippen MR) is 82.7 cm³/mol. The molecule has 1 atom stereocenters. The number of halogens is 5. The zero-order valence-electron chi connectivity index (χ0n) is 10.2. The number of esters is 1. The lowest BCUT2D eigenvalue weighted by Crippen LogP contribution is -2.21. The summed E-state index contributed by atoms with van der Waals surface area (Å²) in [5.41, 5.74) is 0. The quantitative estimate of drug-likeness (QED) is 0.296. The van der Waals surface area contributed by atoms with E-state index in [1.807, 2.05) is 0 Å². The number of rotatable bonds is 5. The Hall–Kier alpha value is -0.320. The Labute approximate surface area is 141 Å². The first-order valence-electron chi connectivity index (χ1n) is 5.26. The van der Waals surface area contributed by atoms with Crippen LogP contribution in [0.15, 0.2) is 12.7 Å². The summed E-state index contributed by atoms with van der Waals surface area (Å²) < 4.78 is 10.3. The second-order valence-electron chi connectivity index (χ2n) is 3.66. The van der Waals surface area contributed by atoms with Gasteiger partial charge in [0, 0.05) is 6.08 Å². The molecule has 20 heavy (non-hydrogen) atoms. The second kappa shape index (κ2) is 7.62. The third kappa shape index (κ3) is 4.09. The standard InChI is InChI=1S/C12H9Cl5O3/c1-3-6(18)19-4-5(2)20-12-10(16)8(14)7(13)9(15)11(12)17/h3,5H,1,4H2,2H3. The van der Waals surface area contributed by atoms with Crippen molar-refractivity contribution in [1.82, 2.24) is 0 Å². The van der Waals surface area contributed by atoms with Crippen LogP contribution in [0.3, 0.4) is 0 Å². The van der Waals surface area contributed by atoms with E-state index in [2.05, 4.69) is 6.58 Å². The van der Waals surface area contributed by atoms with Crippen molar-refractivity contribution in [1.29, 1.82) is 0 Å². The molecule has 0 heterocycles. The van der Waals surface area contributed by atoms with Gasteiger partial charge in [0.1, 0.15) is 22.8 Å². The highest BCUT2D eigenvalue weighted by atomic mass is 35.5. The first-order valence-corrected chi connectivity index (χ1v) is 7.15. The van der Waals surface area contributed by atoms with Gasteiger partial charge in [0.25, 0.3) is 0 Å². The van der Waals surface area contributed by atoms with Crippen LogP contribution in [-0.2, 0) is 9.53 Å². The van der Waals surface area contributed by atoms with E-state index in [0.29, 0.717) is 0 Å². The molecule has 1 aromatic carbocycles. The Balaban J connectivity index is 2.93. The molecule has 0 aliphatic rings. The molecule has 3 nitrogen and oxygen atoms in total. The van der Waals surface area contributed by atoms with Gasteiger partial charge in [-0.3, -0.25) is 0 Å². The lowest BCUT2D eigenvalue weighted by molar-refractivity contribution is -0.139. The van der Waals surface area contributed by atoms with Gasteiger partial charge in [0.05, 0.1) is 15.1 Å². The highest BCUT2D eigenvalue weighted by Crippen LogP contribution is 2.48. The van der Waals surface area contributed by atoms with E-state index in [0.717, 1.165) is 6.08 Å². The van der Waals surface area contributed by atoms with Gasteiger partial charge in [0.15, 0.2) is 5.75 Å². The van der Waals surface area contributed by atoms with Crippen LogP contribution in [-0.4, -0.2) is 18.7 Å². The summed E-state index contributed by atoms with van der Waals surface area (Å²) in [6, 6.07) is 0. The Kier molecular flexibility index (Phi) is 6.76. The van der Waals surface area contributed by atoms with Crippen LogP contribution in [0.2, 0.25) is 25.1 Å². The second-order valence-corrected chi connectivity index (χ2v) is 5.55. The fraction of sp³-hybridized carbons (Fsp3) is 0.250. The number of carbonyl (C=O) groups is 1. The molecule has 0 spiro atoms. The molecule has 8 heteroatoms. The van der Waals surface area contributed by atoms with Crippen molar-refractivity contribution in [3.8, 4) is 5.75 Å². The van der Waals surface area contributed by atoms with Crippen LogP contribution in [0.25, 0.3) is 0 Å². The summed E-state index contributed by atoms with van der Waals surface area (Å²) in [7, 11) is 0. The Morgan fingerprint density at radius 1 is 1.10 bits per heavy atom. The van der Waals surface area contributed by atoms with Gasteiger partial charge in [-0.25, -0.2) is 4.79 Å². The average molecular weight is 378 g/mol. The van der Waals surface area contributed by atoms with Crippen molar-refractivity contribution >= 4 is 64.0 Å². The van der Waals surface area contributed by atoms with Gasteiger partial charge in [-0.1, -0.05) is 64.6 Å². The summed E-state index contributed by atoms with van der Waals surface area (Å²) in [5, 5.41) is 0.184. The van der Waals surface area contributed by atoms with E-state index in [1.165, 1.54) is 0 Å². The molecular formula is C12H9Cl5O3. The fourth-order valence-corrected chi connectivity index (χ4v) is 2.39. The average Bonchev–Trinajstić information content (AvgIpc) is 2.44. The molecular weight excluding hydrogens is 369 g/mol. The highest BCUT2D eigenvalue weighted by molar-refractivity contribution is 6.55. The molecule has 1 rings (SSSR count). The number of hydrogen-bond donors (Lipinski definition) is 0. The summed E-state index contributed by atoms with van der Waals surface area (Å²) in [4.78, 5) is 10.9. The van der Waals surface area contributed by atoms with Crippen LogP contribution >= 0.6 is 58.0 Å². The molecule has 0 bridgehead atoms. The van der Waals surface area contributed by atoms with E-state index < -0.39 is 12.1 Å². The molecule has 0 radical (unpaired) electrons. The molecule has 0 aliphatic carbocycles. The van der Waals surface area contributed by atoms with Crippen molar-refractivity contribution in [2.45, 2.75) is 13.0 Å². The number of carbonyl (C=O) groups excluding carboxylic acids is 1. The number of hydrogen-bond acceptors (Lipinski definition) is 3. The van der Waals surface area contributed by atoms with Crippen LogP contribution in [0, 0.1) is 0 Å². The van der Waals surface area contributed by atoms with Gasteiger partial charge in [-0.2, -0.15) is 0 Å². The molecule has 0 aliphatic heterocycles.